The van der Waals surface area contributed by atoms with E-state index in [1.54, 1.807) is 12.1 Å². The second-order valence-corrected chi connectivity index (χ2v) is 5.37. The number of hydrogen-bond donors (Lipinski definition) is 0. The molecule has 0 aliphatic rings. The molecule has 0 aliphatic heterocycles. The predicted molar refractivity (Wildman–Crippen MR) is 89.5 cm³/mol. The summed E-state index contributed by atoms with van der Waals surface area (Å²) in [6, 6.07) is 4.79. The van der Waals surface area contributed by atoms with Crippen molar-refractivity contribution in [3.05, 3.63) is 45.7 Å². The molecule has 0 saturated carbocycles. The standard InChI is InChI=1S/C16H15Cl2NO5/c1-21-12-4-9(5-13(22-2)14(12)23-3)8-24-16(20)10-6-11(17)15(18)19-7-10/h4-7H,8H2,1-3H3. The van der Waals surface area contributed by atoms with Crippen molar-refractivity contribution in [2.45, 2.75) is 6.61 Å². The van der Waals surface area contributed by atoms with Gasteiger partial charge in [-0.1, -0.05) is 23.2 Å². The van der Waals surface area contributed by atoms with E-state index < -0.39 is 5.97 Å². The normalized spacial score (nSPS) is 10.2. The number of aromatic nitrogens is 1. The Morgan fingerprint density at radius 3 is 2.17 bits per heavy atom. The van der Waals surface area contributed by atoms with Crippen LogP contribution in [0.15, 0.2) is 24.4 Å². The topological polar surface area (TPSA) is 66.9 Å². The first-order valence-electron chi connectivity index (χ1n) is 6.77. The van der Waals surface area contributed by atoms with Gasteiger partial charge in [-0.05, 0) is 23.8 Å². The lowest BCUT2D eigenvalue weighted by Gasteiger charge is -2.14. The SMILES string of the molecule is COc1cc(COC(=O)c2cnc(Cl)c(Cl)c2)cc(OC)c1OC. The molecular weight excluding hydrogens is 357 g/mol. The van der Waals surface area contributed by atoms with Crippen molar-refractivity contribution in [2.75, 3.05) is 21.3 Å². The van der Waals surface area contributed by atoms with Gasteiger partial charge >= 0.3 is 5.97 Å². The van der Waals surface area contributed by atoms with Gasteiger partial charge in [-0.2, -0.15) is 0 Å². The molecule has 2 aromatic rings. The zero-order valence-corrected chi connectivity index (χ0v) is 14.8. The van der Waals surface area contributed by atoms with Gasteiger partial charge in [0.25, 0.3) is 0 Å². The van der Waals surface area contributed by atoms with Gasteiger partial charge in [0.1, 0.15) is 11.8 Å². The first-order chi connectivity index (χ1) is 11.5. The molecule has 0 aliphatic carbocycles. The molecule has 0 fully saturated rings. The predicted octanol–water partition coefficient (Wildman–Crippen LogP) is 3.77. The summed E-state index contributed by atoms with van der Waals surface area (Å²) in [4.78, 5) is 15.9. The molecule has 6 nitrogen and oxygen atoms in total. The zero-order chi connectivity index (χ0) is 17.7. The van der Waals surface area contributed by atoms with Crippen LogP contribution in [0.2, 0.25) is 10.2 Å². The third-order valence-corrected chi connectivity index (χ3v) is 3.81. The first-order valence-corrected chi connectivity index (χ1v) is 7.52. The lowest BCUT2D eigenvalue weighted by atomic mass is 10.2. The van der Waals surface area contributed by atoms with Crippen LogP contribution < -0.4 is 14.2 Å². The summed E-state index contributed by atoms with van der Waals surface area (Å²) < 4.78 is 21.0. The molecule has 0 amide bonds. The minimum atomic E-state index is -0.574. The molecule has 0 N–H and O–H groups in total. The molecule has 1 heterocycles. The van der Waals surface area contributed by atoms with Crippen LogP contribution in [0.4, 0.5) is 0 Å². The first kappa shape index (κ1) is 18.2. The van der Waals surface area contributed by atoms with E-state index in [2.05, 4.69) is 4.98 Å². The number of carbonyl (C=O) groups is 1. The molecule has 2 rings (SSSR count). The van der Waals surface area contributed by atoms with Gasteiger partial charge in [-0.3, -0.25) is 0 Å². The minimum Gasteiger partial charge on any atom is -0.493 e. The van der Waals surface area contributed by atoms with E-state index in [0.29, 0.717) is 22.8 Å². The molecule has 24 heavy (non-hydrogen) atoms. The maximum absolute atomic E-state index is 12.1. The summed E-state index contributed by atoms with van der Waals surface area (Å²) in [5.74, 6) is 0.830. The average molecular weight is 372 g/mol. The van der Waals surface area contributed by atoms with E-state index in [4.69, 9.17) is 42.1 Å². The summed E-state index contributed by atoms with van der Waals surface area (Å²) in [6.07, 6.45) is 1.30. The molecule has 0 atom stereocenters. The third kappa shape index (κ3) is 4.01. The van der Waals surface area contributed by atoms with Crippen LogP contribution >= 0.6 is 23.2 Å². The maximum Gasteiger partial charge on any atom is 0.340 e. The Morgan fingerprint density at radius 1 is 1.04 bits per heavy atom. The Hall–Kier alpha value is -2.18. The van der Waals surface area contributed by atoms with E-state index in [1.807, 2.05) is 0 Å². The van der Waals surface area contributed by atoms with Crippen molar-refractivity contribution in [3.8, 4) is 17.2 Å². The number of benzene rings is 1. The minimum absolute atomic E-state index is 0.00972. The van der Waals surface area contributed by atoms with Crippen molar-refractivity contribution >= 4 is 29.2 Å². The van der Waals surface area contributed by atoms with Gasteiger partial charge in [-0.25, -0.2) is 9.78 Å². The van der Waals surface area contributed by atoms with Crippen LogP contribution in [-0.2, 0) is 11.3 Å². The van der Waals surface area contributed by atoms with Crippen LogP contribution in [0, 0.1) is 0 Å². The highest BCUT2D eigenvalue weighted by atomic mass is 35.5. The van der Waals surface area contributed by atoms with Gasteiger partial charge in [0, 0.05) is 6.20 Å². The zero-order valence-electron chi connectivity index (χ0n) is 13.3. The molecule has 0 spiro atoms. The Labute approximate surface area is 149 Å². The number of pyridine rings is 1. The van der Waals surface area contributed by atoms with E-state index >= 15 is 0 Å². The molecule has 0 saturated heterocycles. The highest BCUT2D eigenvalue weighted by Gasteiger charge is 2.15. The fraction of sp³-hybridized carbons (Fsp3) is 0.250. The van der Waals surface area contributed by atoms with Gasteiger partial charge in [0.15, 0.2) is 11.5 Å². The maximum atomic E-state index is 12.1. The fourth-order valence-corrected chi connectivity index (χ4v) is 2.25. The monoisotopic (exact) mass is 371 g/mol. The van der Waals surface area contributed by atoms with Crippen LogP contribution in [0.1, 0.15) is 15.9 Å². The van der Waals surface area contributed by atoms with Crippen LogP contribution in [-0.4, -0.2) is 32.3 Å². The molecule has 0 unspecified atom stereocenters. The Balaban J connectivity index is 2.16. The number of hydrogen-bond acceptors (Lipinski definition) is 6. The number of carbonyl (C=O) groups excluding carboxylic acids is 1. The van der Waals surface area contributed by atoms with E-state index in [9.17, 15) is 4.79 Å². The molecule has 128 valence electrons. The summed E-state index contributed by atoms with van der Waals surface area (Å²) >= 11 is 11.6. The Morgan fingerprint density at radius 2 is 1.67 bits per heavy atom. The van der Waals surface area contributed by atoms with Gasteiger partial charge in [0.2, 0.25) is 5.75 Å². The number of methoxy groups -OCH3 is 3. The van der Waals surface area contributed by atoms with Gasteiger partial charge < -0.3 is 18.9 Å². The van der Waals surface area contributed by atoms with Crippen molar-refractivity contribution in [1.29, 1.82) is 0 Å². The second-order valence-electron chi connectivity index (χ2n) is 4.61. The molecule has 1 aromatic carbocycles. The molecule has 0 radical (unpaired) electrons. The Bertz CT molecular complexity index is 726. The van der Waals surface area contributed by atoms with Crippen molar-refractivity contribution in [3.63, 3.8) is 0 Å². The van der Waals surface area contributed by atoms with Crippen molar-refractivity contribution < 1.29 is 23.7 Å². The number of ether oxygens (including phenoxy) is 4. The average Bonchev–Trinajstić information content (AvgIpc) is 2.60. The van der Waals surface area contributed by atoms with Gasteiger partial charge in [-0.15, -0.1) is 0 Å². The fourth-order valence-electron chi connectivity index (χ4n) is 1.98. The number of halogens is 2. The molecule has 8 heteroatoms. The van der Waals surface area contributed by atoms with Crippen molar-refractivity contribution in [2.24, 2.45) is 0 Å². The smallest absolute Gasteiger partial charge is 0.340 e. The van der Waals surface area contributed by atoms with Crippen LogP contribution in [0.5, 0.6) is 17.2 Å². The van der Waals surface area contributed by atoms with E-state index in [1.165, 1.54) is 33.6 Å². The second kappa shape index (κ2) is 8.08. The van der Waals surface area contributed by atoms with Crippen molar-refractivity contribution in [1.82, 2.24) is 4.98 Å². The van der Waals surface area contributed by atoms with Gasteiger partial charge in [0.05, 0.1) is 31.9 Å². The van der Waals surface area contributed by atoms with E-state index in [-0.39, 0.29) is 22.3 Å². The summed E-state index contributed by atoms with van der Waals surface area (Å²) in [5.41, 5.74) is 0.878. The van der Waals surface area contributed by atoms with Crippen LogP contribution in [0.25, 0.3) is 0 Å². The number of esters is 1. The molecular formula is C16H15Cl2NO5. The third-order valence-electron chi connectivity index (χ3n) is 3.13. The quantitative estimate of drug-likeness (QED) is 0.568. The number of rotatable bonds is 6. The highest BCUT2D eigenvalue weighted by Crippen LogP contribution is 2.38. The summed E-state index contributed by atoms with van der Waals surface area (Å²) in [7, 11) is 4.53. The molecule has 0 bridgehead atoms. The summed E-state index contributed by atoms with van der Waals surface area (Å²) in [5, 5.41) is 0.303. The summed E-state index contributed by atoms with van der Waals surface area (Å²) in [6.45, 7) is 0.00972. The lowest BCUT2D eigenvalue weighted by Crippen LogP contribution is -2.06. The lowest BCUT2D eigenvalue weighted by molar-refractivity contribution is 0.0471. The highest BCUT2D eigenvalue weighted by molar-refractivity contribution is 6.41. The number of nitrogens with zero attached hydrogens (tertiary/aromatic N) is 1. The molecule has 1 aromatic heterocycles. The van der Waals surface area contributed by atoms with E-state index in [0.717, 1.165) is 0 Å². The Kier molecular flexibility index (Phi) is 6.11. The van der Waals surface area contributed by atoms with Crippen LogP contribution in [0.3, 0.4) is 0 Å². The largest absolute Gasteiger partial charge is 0.493 e.